The van der Waals surface area contributed by atoms with Gasteiger partial charge in [0, 0.05) is 0 Å². The summed E-state index contributed by atoms with van der Waals surface area (Å²) in [6.07, 6.45) is 7.26. The summed E-state index contributed by atoms with van der Waals surface area (Å²) in [6.45, 7) is 6.85. The summed E-state index contributed by atoms with van der Waals surface area (Å²) in [4.78, 5) is 11.4. The minimum atomic E-state index is -0.274. The minimum Gasteiger partial charge on any atom is -0.501 e. The summed E-state index contributed by atoms with van der Waals surface area (Å²) in [5.74, 6) is -0.274. The van der Waals surface area contributed by atoms with E-state index in [4.69, 9.17) is 9.47 Å². The van der Waals surface area contributed by atoms with Gasteiger partial charge < -0.3 is 9.47 Å². The molecule has 0 saturated carbocycles. The Kier molecular flexibility index (Phi) is 9.87. The van der Waals surface area contributed by atoms with E-state index in [1.165, 1.54) is 25.5 Å². The first-order valence-corrected chi connectivity index (χ1v) is 6.17. The number of esters is 1. The average molecular weight is 228 g/mol. The van der Waals surface area contributed by atoms with Crippen molar-refractivity contribution in [3.8, 4) is 0 Å². The third kappa shape index (κ3) is 8.33. The summed E-state index contributed by atoms with van der Waals surface area (Å²) in [6, 6.07) is 0. The summed E-state index contributed by atoms with van der Waals surface area (Å²) in [7, 11) is 0. The maximum atomic E-state index is 11.4. The third-order valence-electron chi connectivity index (χ3n) is 2.23. The van der Waals surface area contributed by atoms with Crippen molar-refractivity contribution in [1.82, 2.24) is 0 Å². The van der Waals surface area contributed by atoms with E-state index in [0.717, 1.165) is 12.8 Å². The van der Waals surface area contributed by atoms with Crippen LogP contribution in [0, 0.1) is 0 Å². The molecule has 0 amide bonds. The van der Waals surface area contributed by atoms with Gasteiger partial charge in [-0.15, -0.1) is 0 Å². The van der Waals surface area contributed by atoms with Crippen molar-refractivity contribution in [1.29, 1.82) is 0 Å². The lowest BCUT2D eigenvalue weighted by Crippen LogP contribution is -2.07. The van der Waals surface area contributed by atoms with Crippen LogP contribution in [0.25, 0.3) is 0 Å². The number of hydrogen-bond acceptors (Lipinski definition) is 3. The molecule has 3 heteroatoms. The lowest BCUT2D eigenvalue weighted by molar-refractivity contribution is -0.139. The zero-order valence-corrected chi connectivity index (χ0v) is 10.8. The van der Waals surface area contributed by atoms with E-state index < -0.39 is 0 Å². The number of carbonyl (C=O) groups is 1. The quantitative estimate of drug-likeness (QED) is 0.262. The van der Waals surface area contributed by atoms with Gasteiger partial charge in [0.2, 0.25) is 0 Å². The lowest BCUT2D eigenvalue weighted by atomic mass is 10.2. The van der Waals surface area contributed by atoms with Crippen molar-refractivity contribution in [3.63, 3.8) is 0 Å². The number of ether oxygens (including phenoxy) is 2. The monoisotopic (exact) mass is 228 g/mol. The maximum Gasteiger partial charge on any atom is 0.336 e. The molecule has 0 heterocycles. The Morgan fingerprint density at radius 1 is 1.12 bits per heavy atom. The molecule has 0 bridgehead atoms. The van der Waals surface area contributed by atoms with Gasteiger partial charge in [-0.25, -0.2) is 4.79 Å². The molecule has 94 valence electrons. The van der Waals surface area contributed by atoms with Gasteiger partial charge in [-0.05, 0) is 20.3 Å². The molecule has 0 aliphatic rings. The molecule has 0 rings (SSSR count). The summed E-state index contributed by atoms with van der Waals surface area (Å²) >= 11 is 0. The fourth-order valence-electron chi connectivity index (χ4n) is 1.24. The SMILES string of the molecule is CCCCCCCOC(=O)/C(C)=C/OCC. The van der Waals surface area contributed by atoms with Crippen molar-refractivity contribution in [2.24, 2.45) is 0 Å². The molecule has 0 fully saturated rings. The van der Waals surface area contributed by atoms with Crippen LogP contribution in [0.15, 0.2) is 11.8 Å². The van der Waals surface area contributed by atoms with Crippen LogP contribution in [0.2, 0.25) is 0 Å². The van der Waals surface area contributed by atoms with Crippen LogP contribution in [0.4, 0.5) is 0 Å². The smallest absolute Gasteiger partial charge is 0.336 e. The molecular formula is C13H24O3. The normalized spacial score (nSPS) is 11.3. The highest BCUT2D eigenvalue weighted by Crippen LogP contribution is 2.04. The minimum absolute atomic E-state index is 0.274. The molecule has 0 saturated heterocycles. The average Bonchev–Trinajstić information content (AvgIpc) is 2.30. The summed E-state index contributed by atoms with van der Waals surface area (Å²) in [5.41, 5.74) is 0.524. The molecule has 0 unspecified atom stereocenters. The fraction of sp³-hybridized carbons (Fsp3) is 0.769. The van der Waals surface area contributed by atoms with Crippen molar-refractivity contribution in [3.05, 3.63) is 11.8 Å². The predicted molar refractivity (Wildman–Crippen MR) is 65.1 cm³/mol. The van der Waals surface area contributed by atoms with Gasteiger partial charge in [-0.3, -0.25) is 0 Å². The van der Waals surface area contributed by atoms with Gasteiger partial charge in [-0.1, -0.05) is 32.6 Å². The third-order valence-corrected chi connectivity index (χ3v) is 2.23. The lowest BCUT2D eigenvalue weighted by Gasteiger charge is -2.04. The van der Waals surface area contributed by atoms with Crippen molar-refractivity contribution < 1.29 is 14.3 Å². The van der Waals surface area contributed by atoms with E-state index >= 15 is 0 Å². The topological polar surface area (TPSA) is 35.5 Å². The highest BCUT2D eigenvalue weighted by Gasteiger charge is 2.05. The van der Waals surface area contributed by atoms with Crippen LogP contribution < -0.4 is 0 Å². The Balaban J connectivity index is 3.50. The van der Waals surface area contributed by atoms with E-state index in [1.807, 2.05) is 6.92 Å². The number of hydrogen-bond donors (Lipinski definition) is 0. The van der Waals surface area contributed by atoms with Gasteiger partial charge in [0.25, 0.3) is 0 Å². The molecule has 0 radical (unpaired) electrons. The van der Waals surface area contributed by atoms with Crippen LogP contribution in [0.5, 0.6) is 0 Å². The first-order chi connectivity index (χ1) is 7.72. The molecule has 0 aromatic rings. The first-order valence-electron chi connectivity index (χ1n) is 6.17. The second-order valence-electron chi connectivity index (χ2n) is 3.81. The fourth-order valence-corrected chi connectivity index (χ4v) is 1.24. The molecule has 16 heavy (non-hydrogen) atoms. The Morgan fingerprint density at radius 2 is 1.81 bits per heavy atom. The van der Waals surface area contributed by atoms with Gasteiger partial charge in [0.05, 0.1) is 25.0 Å². The summed E-state index contributed by atoms with van der Waals surface area (Å²) in [5, 5.41) is 0. The van der Waals surface area contributed by atoms with Crippen LogP contribution in [0.3, 0.4) is 0 Å². The molecule has 0 aliphatic carbocycles. The Hall–Kier alpha value is -0.990. The second kappa shape index (κ2) is 10.5. The van der Waals surface area contributed by atoms with Gasteiger partial charge in [-0.2, -0.15) is 0 Å². The Bertz CT molecular complexity index is 209. The molecule has 0 atom stereocenters. The standard InChI is InChI=1S/C13H24O3/c1-4-6-7-8-9-10-16-13(14)12(3)11-15-5-2/h11H,4-10H2,1-3H3/b12-11+. The Labute approximate surface area is 98.8 Å². The van der Waals surface area contributed by atoms with Gasteiger partial charge >= 0.3 is 5.97 Å². The van der Waals surface area contributed by atoms with E-state index in [2.05, 4.69) is 6.92 Å². The van der Waals surface area contributed by atoms with Crippen LogP contribution in [-0.2, 0) is 14.3 Å². The molecule has 0 aromatic carbocycles. The number of rotatable bonds is 9. The van der Waals surface area contributed by atoms with Gasteiger partial charge in [0.1, 0.15) is 0 Å². The zero-order chi connectivity index (χ0) is 12.2. The van der Waals surface area contributed by atoms with E-state index in [0.29, 0.717) is 18.8 Å². The molecule has 0 aromatic heterocycles. The van der Waals surface area contributed by atoms with E-state index in [9.17, 15) is 4.79 Å². The first kappa shape index (κ1) is 15.0. The highest BCUT2D eigenvalue weighted by molar-refractivity contribution is 5.87. The van der Waals surface area contributed by atoms with Crippen LogP contribution >= 0.6 is 0 Å². The molecule has 0 aliphatic heterocycles. The predicted octanol–water partition coefficient (Wildman–Crippen LogP) is 3.44. The largest absolute Gasteiger partial charge is 0.501 e. The molecule has 3 nitrogen and oxygen atoms in total. The van der Waals surface area contributed by atoms with E-state index in [-0.39, 0.29) is 5.97 Å². The highest BCUT2D eigenvalue weighted by atomic mass is 16.5. The molecule has 0 spiro atoms. The van der Waals surface area contributed by atoms with Crippen molar-refractivity contribution >= 4 is 5.97 Å². The maximum absolute atomic E-state index is 11.4. The van der Waals surface area contributed by atoms with E-state index in [1.54, 1.807) is 6.92 Å². The van der Waals surface area contributed by atoms with Gasteiger partial charge in [0.15, 0.2) is 0 Å². The van der Waals surface area contributed by atoms with Crippen LogP contribution in [-0.4, -0.2) is 19.2 Å². The number of unbranched alkanes of at least 4 members (excludes halogenated alkanes) is 4. The molecule has 0 N–H and O–H groups in total. The van der Waals surface area contributed by atoms with Crippen molar-refractivity contribution in [2.75, 3.05) is 13.2 Å². The molecular weight excluding hydrogens is 204 g/mol. The zero-order valence-electron chi connectivity index (χ0n) is 10.8. The summed E-state index contributed by atoms with van der Waals surface area (Å²) < 4.78 is 10.1. The Morgan fingerprint density at radius 3 is 2.44 bits per heavy atom. The second-order valence-corrected chi connectivity index (χ2v) is 3.81. The number of carbonyl (C=O) groups excluding carboxylic acids is 1. The van der Waals surface area contributed by atoms with Crippen molar-refractivity contribution in [2.45, 2.75) is 52.9 Å². The van der Waals surface area contributed by atoms with Crippen LogP contribution in [0.1, 0.15) is 52.9 Å².